The second kappa shape index (κ2) is 6.87. The first-order chi connectivity index (χ1) is 9.33. The van der Waals surface area contributed by atoms with Gasteiger partial charge in [-0.2, -0.15) is 0 Å². The molecule has 2 rings (SSSR count). The molecule has 0 aliphatic carbocycles. The van der Waals surface area contributed by atoms with Crippen molar-refractivity contribution in [3.8, 4) is 5.75 Å². The van der Waals surface area contributed by atoms with Gasteiger partial charge in [-0.1, -0.05) is 18.2 Å². The summed E-state index contributed by atoms with van der Waals surface area (Å²) in [5.74, 6) is 0.786. The fourth-order valence-corrected chi connectivity index (χ4v) is 1.86. The molecule has 2 N–H and O–H groups in total. The molecular formula is C15H18N2O2. The fraction of sp³-hybridized carbons (Fsp3) is 0.267. The monoisotopic (exact) mass is 258 g/mol. The lowest BCUT2D eigenvalue weighted by molar-refractivity contribution is 0.183. The van der Waals surface area contributed by atoms with E-state index in [9.17, 15) is 0 Å². The quantitative estimate of drug-likeness (QED) is 0.863. The first kappa shape index (κ1) is 13.5. The molecule has 0 spiro atoms. The van der Waals surface area contributed by atoms with E-state index in [0.717, 1.165) is 16.9 Å². The molecule has 0 saturated heterocycles. The molecule has 0 aliphatic heterocycles. The van der Waals surface area contributed by atoms with Gasteiger partial charge in [-0.25, -0.2) is 0 Å². The van der Waals surface area contributed by atoms with E-state index in [1.165, 1.54) is 0 Å². The zero-order chi connectivity index (χ0) is 13.5. The highest BCUT2D eigenvalue weighted by Crippen LogP contribution is 2.22. The highest BCUT2D eigenvalue weighted by molar-refractivity contribution is 5.29. The van der Waals surface area contributed by atoms with Crippen molar-refractivity contribution in [2.24, 2.45) is 5.73 Å². The Labute approximate surface area is 113 Å². The van der Waals surface area contributed by atoms with Crippen LogP contribution < -0.4 is 10.5 Å². The van der Waals surface area contributed by atoms with Crippen molar-refractivity contribution in [3.63, 3.8) is 0 Å². The van der Waals surface area contributed by atoms with Crippen molar-refractivity contribution in [3.05, 3.63) is 59.9 Å². The number of pyridine rings is 1. The summed E-state index contributed by atoms with van der Waals surface area (Å²) >= 11 is 0. The Morgan fingerprint density at radius 1 is 1.26 bits per heavy atom. The van der Waals surface area contributed by atoms with Crippen molar-refractivity contribution in [1.82, 2.24) is 4.98 Å². The smallest absolute Gasteiger partial charge is 0.137 e. The van der Waals surface area contributed by atoms with Gasteiger partial charge in [0, 0.05) is 31.6 Å². The first-order valence-electron chi connectivity index (χ1n) is 6.18. The topological polar surface area (TPSA) is 57.4 Å². The molecule has 1 atom stereocenters. The molecule has 0 bridgehead atoms. The van der Waals surface area contributed by atoms with Crippen LogP contribution in [0, 0.1) is 0 Å². The molecule has 0 amide bonds. The van der Waals surface area contributed by atoms with E-state index in [0.29, 0.717) is 13.2 Å². The van der Waals surface area contributed by atoms with Gasteiger partial charge >= 0.3 is 0 Å². The van der Waals surface area contributed by atoms with Gasteiger partial charge in [0.2, 0.25) is 0 Å². The molecule has 2 aromatic rings. The normalized spacial score (nSPS) is 12.1. The standard InChI is InChI=1S/C15H18N2O2/c1-18-11-12-4-2-6-14(8-12)19-15(9-16)13-5-3-7-17-10-13/h2-8,10,15H,9,11,16H2,1H3. The van der Waals surface area contributed by atoms with Crippen LogP contribution in [0.1, 0.15) is 17.2 Å². The number of hydrogen-bond donors (Lipinski definition) is 1. The maximum atomic E-state index is 5.92. The molecule has 4 nitrogen and oxygen atoms in total. The number of rotatable bonds is 6. The van der Waals surface area contributed by atoms with Crippen molar-refractivity contribution in [2.75, 3.05) is 13.7 Å². The van der Waals surface area contributed by atoms with Crippen LogP contribution in [0.2, 0.25) is 0 Å². The van der Waals surface area contributed by atoms with Crippen LogP contribution in [0.4, 0.5) is 0 Å². The summed E-state index contributed by atoms with van der Waals surface area (Å²) in [6.07, 6.45) is 3.32. The molecular weight excluding hydrogens is 240 g/mol. The maximum absolute atomic E-state index is 5.92. The van der Waals surface area contributed by atoms with E-state index >= 15 is 0 Å². The minimum Gasteiger partial charge on any atom is -0.484 e. The van der Waals surface area contributed by atoms with Gasteiger partial charge < -0.3 is 15.2 Å². The molecule has 100 valence electrons. The Kier molecular flexibility index (Phi) is 4.89. The predicted octanol–water partition coefficient (Wildman–Crippen LogP) is 2.31. The number of hydrogen-bond acceptors (Lipinski definition) is 4. The van der Waals surface area contributed by atoms with Crippen LogP contribution in [0.15, 0.2) is 48.8 Å². The van der Waals surface area contributed by atoms with Crippen LogP contribution in [0.5, 0.6) is 5.75 Å². The van der Waals surface area contributed by atoms with Crippen molar-refractivity contribution in [2.45, 2.75) is 12.7 Å². The van der Waals surface area contributed by atoms with E-state index in [4.69, 9.17) is 15.2 Å². The van der Waals surface area contributed by atoms with Crippen molar-refractivity contribution in [1.29, 1.82) is 0 Å². The number of nitrogens with zero attached hydrogens (tertiary/aromatic N) is 1. The predicted molar refractivity (Wildman–Crippen MR) is 73.8 cm³/mol. The number of ether oxygens (including phenoxy) is 2. The van der Waals surface area contributed by atoms with Crippen LogP contribution >= 0.6 is 0 Å². The molecule has 1 aromatic heterocycles. The van der Waals surface area contributed by atoms with Gasteiger partial charge in [0.1, 0.15) is 11.9 Å². The van der Waals surface area contributed by atoms with Gasteiger partial charge in [0.15, 0.2) is 0 Å². The Morgan fingerprint density at radius 2 is 2.16 bits per heavy atom. The third kappa shape index (κ3) is 3.77. The minimum absolute atomic E-state index is 0.188. The lowest BCUT2D eigenvalue weighted by Gasteiger charge is -2.18. The molecule has 19 heavy (non-hydrogen) atoms. The summed E-state index contributed by atoms with van der Waals surface area (Å²) in [7, 11) is 1.67. The summed E-state index contributed by atoms with van der Waals surface area (Å²) in [5.41, 5.74) is 7.82. The summed E-state index contributed by atoms with van der Waals surface area (Å²) in [4.78, 5) is 4.09. The summed E-state index contributed by atoms with van der Waals surface area (Å²) in [5, 5.41) is 0. The van der Waals surface area contributed by atoms with Gasteiger partial charge in [-0.15, -0.1) is 0 Å². The molecule has 1 aromatic carbocycles. The highest BCUT2D eigenvalue weighted by atomic mass is 16.5. The maximum Gasteiger partial charge on any atom is 0.137 e. The van der Waals surface area contributed by atoms with Gasteiger partial charge in [0.05, 0.1) is 6.61 Å². The number of benzene rings is 1. The average Bonchev–Trinajstić information content (AvgIpc) is 2.46. The number of nitrogens with two attached hydrogens (primary N) is 1. The van der Waals surface area contributed by atoms with Gasteiger partial charge in [0.25, 0.3) is 0 Å². The highest BCUT2D eigenvalue weighted by Gasteiger charge is 2.11. The van der Waals surface area contributed by atoms with Crippen LogP contribution in [-0.4, -0.2) is 18.6 Å². The summed E-state index contributed by atoms with van der Waals surface area (Å²) < 4.78 is 11.0. The fourth-order valence-electron chi connectivity index (χ4n) is 1.86. The SMILES string of the molecule is COCc1cccc(OC(CN)c2cccnc2)c1. The van der Waals surface area contributed by atoms with E-state index in [1.807, 2.05) is 36.4 Å². The third-order valence-corrected chi connectivity index (χ3v) is 2.76. The average molecular weight is 258 g/mol. The lowest BCUT2D eigenvalue weighted by atomic mass is 10.1. The molecule has 0 aliphatic rings. The number of methoxy groups -OCH3 is 1. The van der Waals surface area contributed by atoms with Crippen LogP contribution in [0.25, 0.3) is 0 Å². The Bertz CT molecular complexity index is 503. The molecule has 0 fully saturated rings. The van der Waals surface area contributed by atoms with E-state index < -0.39 is 0 Å². The Balaban J connectivity index is 2.12. The molecule has 0 radical (unpaired) electrons. The van der Waals surface area contributed by atoms with E-state index in [2.05, 4.69) is 4.98 Å². The molecule has 4 heteroatoms. The Morgan fingerprint density at radius 3 is 2.84 bits per heavy atom. The van der Waals surface area contributed by atoms with Crippen LogP contribution in [-0.2, 0) is 11.3 Å². The molecule has 1 unspecified atom stereocenters. The zero-order valence-electron chi connectivity index (χ0n) is 11.0. The van der Waals surface area contributed by atoms with E-state index in [1.54, 1.807) is 19.5 Å². The number of aromatic nitrogens is 1. The second-order valence-electron chi connectivity index (χ2n) is 4.21. The largest absolute Gasteiger partial charge is 0.484 e. The molecule has 0 saturated carbocycles. The van der Waals surface area contributed by atoms with E-state index in [-0.39, 0.29) is 6.10 Å². The first-order valence-corrected chi connectivity index (χ1v) is 6.18. The van der Waals surface area contributed by atoms with Crippen molar-refractivity contribution >= 4 is 0 Å². The lowest BCUT2D eigenvalue weighted by Crippen LogP contribution is -2.18. The van der Waals surface area contributed by atoms with Crippen molar-refractivity contribution < 1.29 is 9.47 Å². The summed E-state index contributed by atoms with van der Waals surface area (Å²) in [6, 6.07) is 11.7. The third-order valence-electron chi connectivity index (χ3n) is 2.76. The molecule has 1 heterocycles. The zero-order valence-corrected chi connectivity index (χ0v) is 11.0. The second-order valence-corrected chi connectivity index (χ2v) is 4.21. The minimum atomic E-state index is -0.188. The summed E-state index contributed by atoms with van der Waals surface area (Å²) in [6.45, 7) is 0.970. The van der Waals surface area contributed by atoms with Gasteiger partial charge in [-0.3, -0.25) is 4.98 Å². The van der Waals surface area contributed by atoms with Crippen LogP contribution in [0.3, 0.4) is 0 Å². The Hall–Kier alpha value is -1.91. The van der Waals surface area contributed by atoms with Gasteiger partial charge in [-0.05, 0) is 23.8 Å².